The van der Waals surface area contributed by atoms with Gasteiger partial charge in [-0.05, 0) is 33.8 Å². The molecule has 6 heteroatoms. The first-order chi connectivity index (χ1) is 6.75. The summed E-state index contributed by atoms with van der Waals surface area (Å²) in [4.78, 5) is 7.75. The molecule has 2 aromatic heterocycles. The highest BCUT2D eigenvalue weighted by molar-refractivity contribution is 9.10. The zero-order valence-corrected chi connectivity index (χ0v) is 9.18. The van der Waals surface area contributed by atoms with E-state index in [0.29, 0.717) is 9.70 Å². The van der Waals surface area contributed by atoms with Crippen LogP contribution in [0.25, 0.3) is 0 Å². The maximum absolute atomic E-state index is 13.3. The second-order valence-corrected chi connectivity index (χ2v) is 4.20. The molecular weight excluding hydrogens is 271 g/mol. The Morgan fingerprint density at radius 3 is 2.93 bits per heavy atom. The molecule has 0 spiro atoms. The maximum Gasteiger partial charge on any atom is 0.262 e. The molecule has 2 heterocycles. The summed E-state index contributed by atoms with van der Waals surface area (Å²) < 4.78 is 18.8. The van der Waals surface area contributed by atoms with Crippen molar-refractivity contribution in [3.63, 3.8) is 0 Å². The zero-order chi connectivity index (χ0) is 9.97. The van der Waals surface area contributed by atoms with Gasteiger partial charge in [0.1, 0.15) is 11.3 Å². The Morgan fingerprint density at radius 2 is 2.29 bits per heavy atom. The van der Waals surface area contributed by atoms with Crippen LogP contribution in [0.2, 0.25) is 0 Å². The third-order valence-electron chi connectivity index (χ3n) is 1.37. The van der Waals surface area contributed by atoms with Crippen molar-refractivity contribution < 1.29 is 8.81 Å². The fourth-order valence-corrected chi connectivity index (χ4v) is 1.77. The van der Waals surface area contributed by atoms with Crippen LogP contribution in [-0.2, 0) is 0 Å². The van der Waals surface area contributed by atoms with Gasteiger partial charge in [0.25, 0.3) is 5.22 Å². The van der Waals surface area contributed by atoms with Gasteiger partial charge in [0.2, 0.25) is 0 Å². The van der Waals surface area contributed by atoms with E-state index in [9.17, 15) is 4.39 Å². The lowest BCUT2D eigenvalue weighted by atomic mass is 10.5. The third kappa shape index (κ3) is 2.13. The first kappa shape index (κ1) is 9.67. The normalized spacial score (nSPS) is 10.4. The second-order valence-electron chi connectivity index (χ2n) is 2.34. The molecular formula is C8H4BrFN2OS. The summed E-state index contributed by atoms with van der Waals surface area (Å²) >= 11 is 4.17. The topological polar surface area (TPSA) is 38.9 Å². The van der Waals surface area contributed by atoms with E-state index in [1.807, 2.05) is 0 Å². The minimum atomic E-state index is -0.400. The van der Waals surface area contributed by atoms with Crippen LogP contribution in [0.5, 0.6) is 0 Å². The number of halogens is 2. The maximum atomic E-state index is 13.3. The molecule has 0 bridgehead atoms. The molecule has 0 aromatic carbocycles. The molecule has 72 valence electrons. The van der Waals surface area contributed by atoms with Crippen molar-refractivity contribution in [3.8, 4) is 0 Å². The van der Waals surface area contributed by atoms with Gasteiger partial charge in [-0.2, -0.15) is 0 Å². The van der Waals surface area contributed by atoms with Gasteiger partial charge >= 0.3 is 0 Å². The van der Waals surface area contributed by atoms with E-state index in [4.69, 9.17) is 4.42 Å². The Hall–Kier alpha value is -0.880. The number of hydrogen-bond acceptors (Lipinski definition) is 4. The highest BCUT2D eigenvalue weighted by atomic mass is 79.9. The summed E-state index contributed by atoms with van der Waals surface area (Å²) in [7, 11) is 0. The third-order valence-corrected chi connectivity index (χ3v) is 2.67. The van der Waals surface area contributed by atoms with Crippen LogP contribution in [0, 0.1) is 5.82 Å². The van der Waals surface area contributed by atoms with Crippen molar-refractivity contribution in [1.82, 2.24) is 9.97 Å². The fourth-order valence-electron chi connectivity index (χ4n) is 0.821. The average Bonchev–Trinajstić information content (AvgIpc) is 2.62. The molecule has 0 N–H and O–H groups in total. The summed E-state index contributed by atoms with van der Waals surface area (Å²) in [5.74, 6) is -0.400. The van der Waals surface area contributed by atoms with Gasteiger partial charge in [0.15, 0.2) is 5.82 Å². The molecule has 0 radical (unpaired) electrons. The molecule has 0 unspecified atom stereocenters. The van der Waals surface area contributed by atoms with Crippen LogP contribution in [0.15, 0.2) is 43.9 Å². The average molecular weight is 275 g/mol. The van der Waals surface area contributed by atoms with Gasteiger partial charge in [-0.1, -0.05) is 0 Å². The van der Waals surface area contributed by atoms with Gasteiger partial charge in [-0.15, -0.1) is 0 Å². The highest BCUT2D eigenvalue weighted by Gasteiger charge is 2.08. The molecule has 0 aliphatic rings. The predicted octanol–water partition coefficient (Wildman–Crippen LogP) is 3.12. The lowest BCUT2D eigenvalue weighted by molar-refractivity contribution is 0.453. The van der Waals surface area contributed by atoms with E-state index in [-0.39, 0.29) is 5.03 Å². The summed E-state index contributed by atoms with van der Waals surface area (Å²) in [5, 5.41) is 0.620. The number of hydrogen-bond donors (Lipinski definition) is 0. The van der Waals surface area contributed by atoms with Crippen molar-refractivity contribution in [2.75, 3.05) is 0 Å². The minimum Gasteiger partial charge on any atom is -0.440 e. The van der Waals surface area contributed by atoms with Gasteiger partial charge in [0.05, 0.1) is 6.20 Å². The lowest BCUT2D eigenvalue weighted by Crippen LogP contribution is -1.86. The van der Waals surface area contributed by atoms with E-state index in [1.54, 1.807) is 0 Å². The van der Waals surface area contributed by atoms with Gasteiger partial charge in [-0.25, -0.2) is 14.4 Å². The Labute approximate surface area is 91.9 Å². The summed E-state index contributed by atoms with van der Waals surface area (Å²) in [6.45, 7) is 0. The van der Waals surface area contributed by atoms with Gasteiger partial charge in [0, 0.05) is 10.7 Å². The molecule has 0 amide bonds. The molecule has 14 heavy (non-hydrogen) atoms. The smallest absolute Gasteiger partial charge is 0.262 e. The number of pyridine rings is 1. The van der Waals surface area contributed by atoms with Crippen LogP contribution < -0.4 is 0 Å². The van der Waals surface area contributed by atoms with Crippen LogP contribution in [0.4, 0.5) is 4.39 Å². The number of rotatable bonds is 2. The first-order valence-corrected chi connectivity index (χ1v) is 5.25. The first-order valence-electron chi connectivity index (χ1n) is 3.64. The SMILES string of the molecule is Fc1cc(Br)cnc1Sc1ncco1. The van der Waals surface area contributed by atoms with E-state index in [0.717, 1.165) is 11.8 Å². The van der Waals surface area contributed by atoms with Crippen LogP contribution >= 0.6 is 27.7 Å². The molecule has 0 fully saturated rings. The number of oxazole rings is 1. The Kier molecular flexibility index (Phi) is 2.83. The van der Waals surface area contributed by atoms with Crippen LogP contribution in [0.3, 0.4) is 0 Å². The van der Waals surface area contributed by atoms with Crippen molar-refractivity contribution in [1.29, 1.82) is 0 Å². The quantitative estimate of drug-likeness (QED) is 0.844. The van der Waals surface area contributed by atoms with Crippen molar-refractivity contribution in [2.24, 2.45) is 0 Å². The van der Waals surface area contributed by atoms with E-state index < -0.39 is 5.82 Å². The highest BCUT2D eigenvalue weighted by Crippen LogP contribution is 2.27. The van der Waals surface area contributed by atoms with Crippen molar-refractivity contribution in [2.45, 2.75) is 10.2 Å². The minimum absolute atomic E-state index is 0.246. The lowest BCUT2D eigenvalue weighted by Gasteiger charge is -1.98. The molecule has 0 aliphatic carbocycles. The van der Waals surface area contributed by atoms with E-state index in [1.165, 1.54) is 24.7 Å². The standard InChI is InChI=1S/C8H4BrFN2OS/c9-5-3-6(10)7(12-4-5)14-8-11-1-2-13-8/h1-4H. The van der Waals surface area contributed by atoms with Crippen molar-refractivity contribution >= 4 is 27.7 Å². The van der Waals surface area contributed by atoms with Crippen LogP contribution in [0.1, 0.15) is 0 Å². The monoisotopic (exact) mass is 274 g/mol. The number of nitrogens with zero attached hydrogens (tertiary/aromatic N) is 2. The second kappa shape index (κ2) is 4.10. The molecule has 3 nitrogen and oxygen atoms in total. The largest absolute Gasteiger partial charge is 0.440 e. The summed E-state index contributed by atoms with van der Waals surface area (Å²) in [6, 6.07) is 1.35. The summed E-state index contributed by atoms with van der Waals surface area (Å²) in [5.41, 5.74) is 0. The summed E-state index contributed by atoms with van der Waals surface area (Å²) in [6.07, 6.45) is 4.45. The van der Waals surface area contributed by atoms with Crippen molar-refractivity contribution in [3.05, 3.63) is 35.0 Å². The molecule has 0 aliphatic heterocycles. The molecule has 2 rings (SSSR count). The Bertz CT molecular complexity index is 435. The Morgan fingerprint density at radius 1 is 1.43 bits per heavy atom. The molecule has 2 aromatic rings. The Balaban J connectivity index is 2.25. The zero-order valence-electron chi connectivity index (χ0n) is 6.78. The molecule has 0 saturated carbocycles. The van der Waals surface area contributed by atoms with Gasteiger partial charge in [-0.3, -0.25) is 0 Å². The van der Waals surface area contributed by atoms with E-state index >= 15 is 0 Å². The van der Waals surface area contributed by atoms with Gasteiger partial charge < -0.3 is 4.42 Å². The fraction of sp³-hybridized carbons (Fsp3) is 0. The number of aromatic nitrogens is 2. The van der Waals surface area contributed by atoms with Crippen LogP contribution in [-0.4, -0.2) is 9.97 Å². The van der Waals surface area contributed by atoms with E-state index in [2.05, 4.69) is 25.9 Å². The molecule has 0 saturated heterocycles. The predicted molar refractivity (Wildman–Crippen MR) is 52.5 cm³/mol. The molecule has 0 atom stereocenters.